The standard InChI is InChI=1S/C11H15BrN2/c1-8(14-9-6-13-7-9)10-4-2-3-5-11(10)12/h2-5,8-9,13-14H,6-7H2,1H3. The van der Waals surface area contributed by atoms with Gasteiger partial charge in [0, 0.05) is 29.6 Å². The van der Waals surface area contributed by atoms with Crippen LogP contribution in [-0.2, 0) is 0 Å². The summed E-state index contributed by atoms with van der Waals surface area (Å²) in [6.45, 7) is 4.39. The van der Waals surface area contributed by atoms with Crippen LogP contribution in [0.15, 0.2) is 28.7 Å². The molecule has 2 rings (SSSR count). The first-order valence-corrected chi connectivity index (χ1v) is 5.78. The van der Waals surface area contributed by atoms with E-state index in [4.69, 9.17) is 0 Å². The topological polar surface area (TPSA) is 24.1 Å². The first kappa shape index (κ1) is 10.1. The maximum absolute atomic E-state index is 3.58. The van der Waals surface area contributed by atoms with Crippen molar-refractivity contribution in [3.63, 3.8) is 0 Å². The normalized spacial score (nSPS) is 19.0. The van der Waals surface area contributed by atoms with Crippen LogP contribution in [0.25, 0.3) is 0 Å². The van der Waals surface area contributed by atoms with Gasteiger partial charge in [-0.25, -0.2) is 0 Å². The zero-order valence-electron chi connectivity index (χ0n) is 8.26. The smallest absolute Gasteiger partial charge is 0.0322 e. The van der Waals surface area contributed by atoms with Crippen molar-refractivity contribution in [2.45, 2.75) is 19.0 Å². The lowest BCUT2D eigenvalue weighted by atomic mass is 10.1. The number of benzene rings is 1. The molecule has 1 heterocycles. The van der Waals surface area contributed by atoms with Gasteiger partial charge in [0.05, 0.1) is 0 Å². The van der Waals surface area contributed by atoms with Crippen molar-refractivity contribution in [3.05, 3.63) is 34.3 Å². The Morgan fingerprint density at radius 2 is 2.14 bits per heavy atom. The third-order valence-corrected chi connectivity index (χ3v) is 3.36. The van der Waals surface area contributed by atoms with Gasteiger partial charge in [0.25, 0.3) is 0 Å². The highest BCUT2D eigenvalue weighted by molar-refractivity contribution is 9.10. The number of hydrogen-bond donors (Lipinski definition) is 2. The molecule has 1 aliphatic heterocycles. The third kappa shape index (κ3) is 2.16. The molecule has 0 bridgehead atoms. The Morgan fingerprint density at radius 1 is 1.43 bits per heavy atom. The summed E-state index contributed by atoms with van der Waals surface area (Å²) in [5.74, 6) is 0. The fraction of sp³-hybridized carbons (Fsp3) is 0.455. The maximum Gasteiger partial charge on any atom is 0.0322 e. The van der Waals surface area contributed by atoms with Crippen LogP contribution in [0.4, 0.5) is 0 Å². The molecule has 0 radical (unpaired) electrons. The number of nitrogens with one attached hydrogen (secondary N) is 2. The third-order valence-electron chi connectivity index (χ3n) is 2.64. The van der Waals surface area contributed by atoms with Crippen molar-refractivity contribution < 1.29 is 0 Å². The van der Waals surface area contributed by atoms with E-state index in [2.05, 4.69) is 51.7 Å². The van der Waals surface area contributed by atoms with Crippen LogP contribution < -0.4 is 10.6 Å². The van der Waals surface area contributed by atoms with Gasteiger partial charge in [-0.05, 0) is 18.6 Å². The fourth-order valence-electron chi connectivity index (χ4n) is 1.68. The van der Waals surface area contributed by atoms with Gasteiger partial charge < -0.3 is 10.6 Å². The zero-order valence-corrected chi connectivity index (χ0v) is 9.84. The Balaban J connectivity index is 2.02. The zero-order chi connectivity index (χ0) is 9.97. The van der Waals surface area contributed by atoms with Crippen LogP contribution in [0.2, 0.25) is 0 Å². The Labute approximate surface area is 93.2 Å². The Hall–Kier alpha value is -0.380. The van der Waals surface area contributed by atoms with Gasteiger partial charge in [-0.1, -0.05) is 34.1 Å². The van der Waals surface area contributed by atoms with Crippen LogP contribution in [0, 0.1) is 0 Å². The van der Waals surface area contributed by atoms with Crippen LogP contribution >= 0.6 is 15.9 Å². The molecule has 3 heteroatoms. The fourth-order valence-corrected chi connectivity index (χ4v) is 2.30. The predicted molar refractivity (Wildman–Crippen MR) is 62.4 cm³/mol. The van der Waals surface area contributed by atoms with Crippen molar-refractivity contribution in [2.75, 3.05) is 13.1 Å². The summed E-state index contributed by atoms with van der Waals surface area (Å²) in [6.07, 6.45) is 0. The molecule has 0 amide bonds. The molecule has 14 heavy (non-hydrogen) atoms. The number of rotatable bonds is 3. The Bertz CT molecular complexity index is 310. The largest absolute Gasteiger partial charge is 0.314 e. The van der Waals surface area contributed by atoms with Gasteiger partial charge >= 0.3 is 0 Å². The molecule has 1 atom stereocenters. The number of hydrogen-bond acceptors (Lipinski definition) is 2. The van der Waals surface area contributed by atoms with Crippen molar-refractivity contribution in [1.29, 1.82) is 0 Å². The SMILES string of the molecule is CC(NC1CNC1)c1ccccc1Br. The van der Waals surface area contributed by atoms with E-state index in [1.54, 1.807) is 0 Å². The van der Waals surface area contributed by atoms with Gasteiger partial charge in [0.2, 0.25) is 0 Å². The first-order valence-electron chi connectivity index (χ1n) is 4.98. The van der Waals surface area contributed by atoms with E-state index in [1.165, 1.54) is 10.0 Å². The predicted octanol–water partition coefficient (Wildman–Crippen LogP) is 2.07. The molecule has 2 nitrogen and oxygen atoms in total. The lowest BCUT2D eigenvalue weighted by Gasteiger charge is -2.31. The Morgan fingerprint density at radius 3 is 2.71 bits per heavy atom. The molecule has 0 aliphatic carbocycles. The summed E-state index contributed by atoms with van der Waals surface area (Å²) in [5.41, 5.74) is 1.33. The lowest BCUT2D eigenvalue weighted by Crippen LogP contribution is -2.55. The van der Waals surface area contributed by atoms with Crippen molar-refractivity contribution in [3.8, 4) is 0 Å². The second-order valence-electron chi connectivity index (χ2n) is 3.77. The maximum atomic E-state index is 3.58. The summed E-state index contributed by atoms with van der Waals surface area (Å²) in [6, 6.07) is 9.43. The molecule has 0 spiro atoms. The summed E-state index contributed by atoms with van der Waals surface area (Å²) < 4.78 is 1.19. The minimum absolute atomic E-state index is 0.415. The van der Waals surface area contributed by atoms with Crippen molar-refractivity contribution in [1.82, 2.24) is 10.6 Å². The minimum atomic E-state index is 0.415. The average molecular weight is 255 g/mol. The molecular formula is C11H15BrN2. The summed E-state index contributed by atoms with van der Waals surface area (Å²) in [7, 11) is 0. The summed E-state index contributed by atoms with van der Waals surface area (Å²) in [5, 5.41) is 6.84. The summed E-state index contributed by atoms with van der Waals surface area (Å²) in [4.78, 5) is 0. The van der Waals surface area contributed by atoms with Crippen LogP contribution in [0.1, 0.15) is 18.5 Å². The van der Waals surface area contributed by atoms with Gasteiger partial charge in [-0.2, -0.15) is 0 Å². The van der Waals surface area contributed by atoms with Gasteiger partial charge in [-0.3, -0.25) is 0 Å². The van der Waals surface area contributed by atoms with Crippen molar-refractivity contribution in [2.24, 2.45) is 0 Å². The van der Waals surface area contributed by atoms with Crippen LogP contribution in [-0.4, -0.2) is 19.1 Å². The van der Waals surface area contributed by atoms with Gasteiger partial charge in [0.15, 0.2) is 0 Å². The van der Waals surface area contributed by atoms with Crippen LogP contribution in [0.3, 0.4) is 0 Å². The van der Waals surface area contributed by atoms with Gasteiger partial charge in [0.1, 0.15) is 0 Å². The molecule has 2 N–H and O–H groups in total. The first-order chi connectivity index (χ1) is 6.77. The van der Waals surface area contributed by atoms with E-state index in [0.717, 1.165) is 13.1 Å². The van der Waals surface area contributed by atoms with E-state index in [1.807, 2.05) is 6.07 Å². The minimum Gasteiger partial charge on any atom is -0.314 e. The highest BCUT2D eigenvalue weighted by Crippen LogP contribution is 2.23. The average Bonchev–Trinajstić information content (AvgIpc) is 2.12. The quantitative estimate of drug-likeness (QED) is 0.864. The van der Waals surface area contributed by atoms with E-state index in [-0.39, 0.29) is 0 Å². The number of halogens is 1. The van der Waals surface area contributed by atoms with E-state index >= 15 is 0 Å². The highest BCUT2D eigenvalue weighted by Gasteiger charge is 2.19. The van der Waals surface area contributed by atoms with Crippen LogP contribution in [0.5, 0.6) is 0 Å². The second-order valence-corrected chi connectivity index (χ2v) is 4.62. The molecule has 1 aromatic carbocycles. The molecule has 0 saturated carbocycles. The molecule has 1 unspecified atom stereocenters. The molecule has 1 aliphatic rings. The molecule has 1 aromatic rings. The van der Waals surface area contributed by atoms with Crippen molar-refractivity contribution >= 4 is 15.9 Å². The molecule has 76 valence electrons. The molecular weight excluding hydrogens is 240 g/mol. The van der Waals surface area contributed by atoms with Gasteiger partial charge in [-0.15, -0.1) is 0 Å². The Kier molecular flexibility index (Phi) is 3.21. The summed E-state index contributed by atoms with van der Waals surface area (Å²) >= 11 is 3.57. The lowest BCUT2D eigenvalue weighted by molar-refractivity contribution is 0.338. The molecule has 0 aromatic heterocycles. The monoisotopic (exact) mass is 254 g/mol. The van der Waals surface area contributed by atoms with E-state index in [0.29, 0.717) is 12.1 Å². The highest BCUT2D eigenvalue weighted by atomic mass is 79.9. The molecule has 1 saturated heterocycles. The molecule has 1 fully saturated rings. The second kappa shape index (κ2) is 4.43. The van der Waals surface area contributed by atoms with E-state index in [9.17, 15) is 0 Å². The van der Waals surface area contributed by atoms with E-state index < -0.39 is 0 Å².